The van der Waals surface area contributed by atoms with Gasteiger partial charge in [0.2, 0.25) is 5.91 Å². The van der Waals surface area contributed by atoms with E-state index in [1.807, 2.05) is 0 Å². The molecule has 0 unspecified atom stereocenters. The number of hydrogen-bond acceptors (Lipinski definition) is 3. The number of nitrogens with one attached hydrogen (secondary N) is 2. The first-order valence-corrected chi connectivity index (χ1v) is 7.61. The Hall–Kier alpha value is -2.77. The molecule has 1 aliphatic rings. The van der Waals surface area contributed by atoms with Crippen molar-refractivity contribution in [3.05, 3.63) is 47.8 Å². The van der Waals surface area contributed by atoms with Crippen LogP contribution in [0, 0.1) is 11.6 Å². The Bertz CT molecular complexity index is 755. The summed E-state index contributed by atoms with van der Waals surface area (Å²) in [6, 6.07) is 4.37. The van der Waals surface area contributed by atoms with E-state index in [2.05, 4.69) is 15.7 Å². The van der Waals surface area contributed by atoms with Gasteiger partial charge in [0.15, 0.2) is 5.69 Å². The van der Waals surface area contributed by atoms with Gasteiger partial charge >= 0.3 is 0 Å². The average Bonchev–Trinajstić information content (AvgIpc) is 3.02. The minimum atomic E-state index is -0.723. The first-order chi connectivity index (χ1) is 11.5. The summed E-state index contributed by atoms with van der Waals surface area (Å²) in [5, 5.41) is 9.53. The first-order valence-electron chi connectivity index (χ1n) is 7.61. The van der Waals surface area contributed by atoms with E-state index in [4.69, 9.17) is 0 Å². The predicted octanol–water partition coefficient (Wildman–Crippen LogP) is 1.55. The number of carbonyl (C=O) groups excluding carboxylic acids is 2. The number of piperidine rings is 1. The molecule has 6 nitrogen and oxygen atoms in total. The predicted molar refractivity (Wildman–Crippen MR) is 81.6 cm³/mol. The van der Waals surface area contributed by atoms with Gasteiger partial charge in [-0.2, -0.15) is 5.10 Å². The Labute approximate surface area is 136 Å². The summed E-state index contributed by atoms with van der Waals surface area (Å²) in [6.45, 7) is 0.312. The van der Waals surface area contributed by atoms with Crippen molar-refractivity contribution in [1.29, 1.82) is 0 Å². The minimum absolute atomic E-state index is 0.0158. The van der Waals surface area contributed by atoms with E-state index in [0.717, 1.165) is 31.0 Å². The van der Waals surface area contributed by atoms with Crippen LogP contribution in [0.15, 0.2) is 30.5 Å². The van der Waals surface area contributed by atoms with E-state index in [0.29, 0.717) is 13.0 Å². The van der Waals surface area contributed by atoms with Crippen molar-refractivity contribution in [2.45, 2.75) is 25.3 Å². The monoisotopic (exact) mass is 334 g/mol. The first kappa shape index (κ1) is 16.1. The Kier molecular flexibility index (Phi) is 4.54. The lowest BCUT2D eigenvalue weighted by molar-refractivity contribution is -0.123. The Morgan fingerprint density at radius 2 is 2.08 bits per heavy atom. The highest BCUT2D eigenvalue weighted by Crippen LogP contribution is 2.13. The lowest BCUT2D eigenvalue weighted by atomic mass is 10.0. The smallest absolute Gasteiger partial charge is 0.271 e. The standard InChI is InChI=1S/C16H16F2N4O2/c17-10-6-11(18)8-13(7-10)22-5-4-14(21-22)16(24)19-9-12-2-1-3-15(23)20-12/h4-8,12H,1-3,9H2,(H,19,24)(H,20,23)/t12-/m1/s1. The highest BCUT2D eigenvalue weighted by atomic mass is 19.1. The van der Waals surface area contributed by atoms with Crippen LogP contribution in [-0.4, -0.2) is 34.2 Å². The topological polar surface area (TPSA) is 76.0 Å². The lowest BCUT2D eigenvalue weighted by Crippen LogP contribution is -2.46. The van der Waals surface area contributed by atoms with Crippen LogP contribution in [0.3, 0.4) is 0 Å². The highest BCUT2D eigenvalue weighted by molar-refractivity contribution is 5.92. The molecule has 2 amide bonds. The summed E-state index contributed by atoms with van der Waals surface area (Å²) in [5.41, 5.74) is 0.313. The minimum Gasteiger partial charge on any atom is -0.352 e. The molecule has 1 atom stereocenters. The second-order valence-electron chi connectivity index (χ2n) is 5.64. The van der Waals surface area contributed by atoms with Crippen LogP contribution < -0.4 is 10.6 Å². The second kappa shape index (κ2) is 6.77. The molecule has 24 heavy (non-hydrogen) atoms. The molecule has 0 spiro atoms. The summed E-state index contributed by atoms with van der Waals surface area (Å²) in [4.78, 5) is 23.4. The molecule has 1 fully saturated rings. The molecule has 2 heterocycles. The van der Waals surface area contributed by atoms with Gasteiger partial charge < -0.3 is 10.6 Å². The second-order valence-corrected chi connectivity index (χ2v) is 5.64. The maximum Gasteiger partial charge on any atom is 0.271 e. The summed E-state index contributed by atoms with van der Waals surface area (Å²) < 4.78 is 27.7. The normalized spacial score (nSPS) is 17.4. The number of halogens is 2. The van der Waals surface area contributed by atoms with Crippen molar-refractivity contribution in [3.63, 3.8) is 0 Å². The fourth-order valence-corrected chi connectivity index (χ4v) is 2.60. The summed E-state index contributed by atoms with van der Waals surface area (Å²) >= 11 is 0. The van der Waals surface area contributed by atoms with Crippen LogP contribution in [-0.2, 0) is 4.79 Å². The quantitative estimate of drug-likeness (QED) is 0.891. The van der Waals surface area contributed by atoms with E-state index in [1.54, 1.807) is 0 Å². The summed E-state index contributed by atoms with van der Waals surface area (Å²) in [5.74, 6) is -1.87. The van der Waals surface area contributed by atoms with E-state index in [9.17, 15) is 18.4 Å². The molecule has 0 radical (unpaired) electrons. The van der Waals surface area contributed by atoms with Gasteiger partial charge in [0.25, 0.3) is 5.91 Å². The van der Waals surface area contributed by atoms with Gasteiger partial charge in [0.1, 0.15) is 11.6 Å². The molecule has 8 heteroatoms. The van der Waals surface area contributed by atoms with Crippen molar-refractivity contribution in [2.75, 3.05) is 6.54 Å². The van der Waals surface area contributed by atoms with E-state index in [1.165, 1.54) is 16.9 Å². The zero-order valence-electron chi connectivity index (χ0n) is 12.8. The van der Waals surface area contributed by atoms with Crippen molar-refractivity contribution in [3.8, 4) is 5.69 Å². The molecule has 0 aliphatic carbocycles. The van der Waals surface area contributed by atoms with Crippen LogP contribution in [0.25, 0.3) is 5.69 Å². The molecule has 126 valence electrons. The molecule has 0 bridgehead atoms. The molecular formula is C16H16F2N4O2. The molecule has 2 N–H and O–H groups in total. The van der Waals surface area contributed by atoms with Gasteiger partial charge in [-0.25, -0.2) is 13.5 Å². The molecule has 1 aromatic heterocycles. The van der Waals surface area contributed by atoms with E-state index >= 15 is 0 Å². The molecular weight excluding hydrogens is 318 g/mol. The number of hydrogen-bond donors (Lipinski definition) is 2. The summed E-state index contributed by atoms with van der Waals surface area (Å²) in [7, 11) is 0. The number of amides is 2. The average molecular weight is 334 g/mol. The van der Waals surface area contributed by atoms with Crippen molar-refractivity contribution in [1.82, 2.24) is 20.4 Å². The Morgan fingerprint density at radius 3 is 2.79 bits per heavy atom. The fraction of sp³-hybridized carbons (Fsp3) is 0.312. The Morgan fingerprint density at radius 1 is 1.33 bits per heavy atom. The van der Waals surface area contributed by atoms with Crippen LogP contribution in [0.5, 0.6) is 0 Å². The third kappa shape index (κ3) is 3.76. The van der Waals surface area contributed by atoms with E-state index in [-0.39, 0.29) is 23.3 Å². The third-order valence-electron chi connectivity index (χ3n) is 3.76. The van der Waals surface area contributed by atoms with Crippen molar-refractivity contribution < 1.29 is 18.4 Å². The zero-order chi connectivity index (χ0) is 17.1. The van der Waals surface area contributed by atoms with Gasteiger partial charge in [-0.15, -0.1) is 0 Å². The number of carbonyl (C=O) groups is 2. The molecule has 0 saturated carbocycles. The fourth-order valence-electron chi connectivity index (χ4n) is 2.60. The van der Waals surface area contributed by atoms with Gasteiger partial charge in [-0.05, 0) is 31.0 Å². The number of aromatic nitrogens is 2. The van der Waals surface area contributed by atoms with Gasteiger partial charge in [-0.1, -0.05) is 0 Å². The number of benzene rings is 1. The molecule has 1 aliphatic heterocycles. The third-order valence-corrected chi connectivity index (χ3v) is 3.76. The maximum absolute atomic E-state index is 13.2. The molecule has 1 aromatic carbocycles. The molecule has 1 saturated heterocycles. The van der Waals surface area contributed by atoms with Gasteiger partial charge in [0, 0.05) is 31.3 Å². The molecule has 3 rings (SSSR count). The van der Waals surface area contributed by atoms with E-state index < -0.39 is 17.5 Å². The van der Waals surface area contributed by atoms with Crippen LogP contribution >= 0.6 is 0 Å². The van der Waals surface area contributed by atoms with Gasteiger partial charge in [0.05, 0.1) is 5.69 Å². The van der Waals surface area contributed by atoms with Crippen LogP contribution in [0.1, 0.15) is 29.8 Å². The number of nitrogens with zero attached hydrogens (tertiary/aromatic N) is 2. The van der Waals surface area contributed by atoms with Gasteiger partial charge in [-0.3, -0.25) is 9.59 Å². The zero-order valence-corrected chi connectivity index (χ0v) is 12.8. The molecule has 2 aromatic rings. The summed E-state index contributed by atoms with van der Waals surface area (Å²) in [6.07, 6.45) is 3.57. The van der Waals surface area contributed by atoms with Crippen LogP contribution in [0.2, 0.25) is 0 Å². The lowest BCUT2D eigenvalue weighted by Gasteiger charge is -2.23. The Balaban J connectivity index is 1.64. The maximum atomic E-state index is 13.2. The van der Waals surface area contributed by atoms with Crippen molar-refractivity contribution in [2.24, 2.45) is 0 Å². The largest absolute Gasteiger partial charge is 0.352 e. The van der Waals surface area contributed by atoms with Crippen molar-refractivity contribution >= 4 is 11.8 Å². The highest BCUT2D eigenvalue weighted by Gasteiger charge is 2.19. The SMILES string of the molecule is O=C1CCC[C@H](CNC(=O)c2ccn(-c3cc(F)cc(F)c3)n2)N1. The van der Waals surface area contributed by atoms with Crippen LogP contribution in [0.4, 0.5) is 8.78 Å². The number of rotatable bonds is 4.